The van der Waals surface area contributed by atoms with E-state index >= 15 is 0 Å². The van der Waals surface area contributed by atoms with Crippen LogP contribution in [0.4, 0.5) is 0 Å². The van der Waals surface area contributed by atoms with Crippen molar-refractivity contribution in [2.45, 2.75) is 93.8 Å². The molecule has 0 aromatic rings. The lowest BCUT2D eigenvalue weighted by Crippen LogP contribution is -2.36. The molecule has 0 radical (unpaired) electrons. The number of hydrogen-bond acceptors (Lipinski definition) is 5. The number of esters is 1. The van der Waals surface area contributed by atoms with Crippen LogP contribution < -0.4 is 0 Å². The zero-order chi connectivity index (χ0) is 19.0. The molecular weight excluding hydrogens is 348 g/mol. The fraction of sp³-hybridized carbons (Fsp3) is 0.857. The fourth-order valence-electron chi connectivity index (χ4n) is 4.42. The van der Waals surface area contributed by atoms with E-state index in [1.54, 1.807) is 11.8 Å². The van der Waals surface area contributed by atoms with E-state index in [-0.39, 0.29) is 12.1 Å². The molecule has 2 aliphatic rings. The second-order valence-electron chi connectivity index (χ2n) is 7.90. The highest BCUT2D eigenvalue weighted by Crippen LogP contribution is 2.54. The first-order chi connectivity index (χ1) is 12.5. The third kappa shape index (κ3) is 6.28. The van der Waals surface area contributed by atoms with E-state index in [0.29, 0.717) is 23.5 Å². The summed E-state index contributed by atoms with van der Waals surface area (Å²) in [5, 5.41) is 21.8. The summed E-state index contributed by atoms with van der Waals surface area (Å²) in [6.45, 7) is 2.19. The van der Waals surface area contributed by atoms with Gasteiger partial charge in [0.25, 0.3) is 0 Å². The average molecular weight is 385 g/mol. The number of fused-ring (bicyclic) bond motifs is 1. The largest absolute Gasteiger partial charge is 0.469 e. The normalized spacial score (nSPS) is 34.2. The number of unbranched alkanes of at least 4 members (excludes halogenated alkanes) is 3. The van der Waals surface area contributed by atoms with Crippen molar-refractivity contribution in [3.63, 3.8) is 0 Å². The summed E-state index contributed by atoms with van der Waals surface area (Å²) in [5.41, 5.74) is 0. The first kappa shape index (κ1) is 21.8. The number of thioether (sulfide) groups is 1. The number of rotatable bonds is 10. The van der Waals surface area contributed by atoms with Crippen molar-refractivity contribution < 1.29 is 19.7 Å². The van der Waals surface area contributed by atoms with E-state index in [4.69, 9.17) is 0 Å². The van der Waals surface area contributed by atoms with Crippen molar-refractivity contribution >= 4 is 17.7 Å². The smallest absolute Gasteiger partial charge is 0.305 e. The van der Waals surface area contributed by atoms with Crippen molar-refractivity contribution in [3.8, 4) is 0 Å². The molecule has 2 rings (SSSR count). The van der Waals surface area contributed by atoms with Gasteiger partial charge < -0.3 is 14.9 Å². The SMILES string of the molecule is CCCCCC1(O)CCC2[C@@H](C/C=C\CCCC(=O)OC)[C@@H](O)C[C@H]2S1. The summed E-state index contributed by atoms with van der Waals surface area (Å²) < 4.78 is 4.64. The van der Waals surface area contributed by atoms with Gasteiger partial charge in [-0.3, -0.25) is 4.79 Å². The lowest BCUT2D eigenvalue weighted by molar-refractivity contribution is -0.140. The van der Waals surface area contributed by atoms with Gasteiger partial charge in [0.15, 0.2) is 0 Å². The molecule has 0 bridgehead atoms. The van der Waals surface area contributed by atoms with Crippen molar-refractivity contribution in [2.75, 3.05) is 7.11 Å². The Kier molecular flexibility index (Phi) is 8.98. The molecule has 2 unspecified atom stereocenters. The minimum absolute atomic E-state index is 0.155. The maximum atomic E-state index is 11.1. The number of aliphatic hydroxyl groups is 2. The Bertz CT molecular complexity index is 467. The van der Waals surface area contributed by atoms with E-state index in [1.165, 1.54) is 20.0 Å². The van der Waals surface area contributed by atoms with Crippen LogP contribution in [0.5, 0.6) is 0 Å². The maximum absolute atomic E-state index is 11.1. The van der Waals surface area contributed by atoms with Gasteiger partial charge in [0.05, 0.1) is 13.2 Å². The zero-order valence-electron chi connectivity index (χ0n) is 16.4. The van der Waals surface area contributed by atoms with Crippen molar-refractivity contribution in [3.05, 3.63) is 12.2 Å². The summed E-state index contributed by atoms with van der Waals surface area (Å²) in [4.78, 5) is 10.5. The lowest BCUT2D eigenvalue weighted by Gasteiger charge is -2.39. The summed E-state index contributed by atoms with van der Waals surface area (Å²) in [5.74, 6) is 0.670. The average Bonchev–Trinajstić information content (AvgIpc) is 2.91. The van der Waals surface area contributed by atoms with Crippen molar-refractivity contribution in [2.24, 2.45) is 11.8 Å². The van der Waals surface area contributed by atoms with E-state index in [0.717, 1.165) is 51.4 Å². The molecular formula is C21H36O4S. The van der Waals surface area contributed by atoms with E-state index in [1.807, 2.05) is 0 Å². The molecule has 0 aromatic carbocycles. The Morgan fingerprint density at radius 1 is 1.31 bits per heavy atom. The third-order valence-corrected chi connectivity index (χ3v) is 7.65. The molecule has 1 heterocycles. The van der Waals surface area contributed by atoms with Crippen LogP contribution in [0.25, 0.3) is 0 Å². The molecule has 2 N–H and O–H groups in total. The standard InChI is InChI=1S/C21H36O4S/c1-3-4-9-13-21(24)14-12-17-16(18(22)15-19(17)26-21)10-7-5-6-8-11-20(23)25-2/h5,7,16-19,22,24H,3-4,6,8-15H2,1-2H3/b7-5-/t16-,17?,18+,19-,21?/m1/s1. The molecule has 0 aromatic heterocycles. The second kappa shape index (κ2) is 10.7. The predicted molar refractivity (Wildman–Crippen MR) is 107 cm³/mol. The molecule has 4 nitrogen and oxygen atoms in total. The van der Waals surface area contributed by atoms with Gasteiger partial charge in [-0.1, -0.05) is 31.9 Å². The number of carbonyl (C=O) groups excluding carboxylic acids is 1. The van der Waals surface area contributed by atoms with Crippen LogP contribution in [0.15, 0.2) is 12.2 Å². The number of ether oxygens (including phenoxy) is 1. The van der Waals surface area contributed by atoms with Gasteiger partial charge in [-0.05, 0) is 63.2 Å². The van der Waals surface area contributed by atoms with Crippen LogP contribution in [0.3, 0.4) is 0 Å². The highest BCUT2D eigenvalue weighted by molar-refractivity contribution is 8.01. The highest BCUT2D eigenvalue weighted by atomic mass is 32.2. The first-order valence-corrected chi connectivity index (χ1v) is 11.2. The number of carbonyl (C=O) groups is 1. The van der Waals surface area contributed by atoms with Crippen molar-refractivity contribution in [1.29, 1.82) is 0 Å². The quantitative estimate of drug-likeness (QED) is 0.331. The summed E-state index contributed by atoms with van der Waals surface area (Å²) in [6.07, 6.45) is 14.1. The Morgan fingerprint density at radius 3 is 2.85 bits per heavy atom. The van der Waals surface area contributed by atoms with Gasteiger partial charge in [-0.15, -0.1) is 11.8 Å². The van der Waals surface area contributed by atoms with Gasteiger partial charge in [-0.2, -0.15) is 0 Å². The van der Waals surface area contributed by atoms with Gasteiger partial charge in [0.2, 0.25) is 0 Å². The Morgan fingerprint density at radius 2 is 2.12 bits per heavy atom. The van der Waals surface area contributed by atoms with Gasteiger partial charge >= 0.3 is 5.97 Å². The van der Waals surface area contributed by atoms with Crippen LogP contribution >= 0.6 is 11.8 Å². The summed E-state index contributed by atoms with van der Waals surface area (Å²) in [6, 6.07) is 0. The minimum atomic E-state index is -0.575. The Balaban J connectivity index is 1.76. The molecule has 1 saturated carbocycles. The molecule has 0 spiro atoms. The summed E-state index contributed by atoms with van der Waals surface area (Å²) in [7, 11) is 1.42. The summed E-state index contributed by atoms with van der Waals surface area (Å²) >= 11 is 1.74. The molecule has 5 atom stereocenters. The van der Waals surface area contributed by atoms with Crippen LogP contribution in [0.2, 0.25) is 0 Å². The topological polar surface area (TPSA) is 66.8 Å². The molecule has 150 valence electrons. The van der Waals surface area contributed by atoms with Gasteiger partial charge in [0.1, 0.15) is 4.93 Å². The maximum Gasteiger partial charge on any atom is 0.305 e. The number of allylic oxidation sites excluding steroid dienone is 2. The van der Waals surface area contributed by atoms with Crippen molar-refractivity contribution in [1.82, 2.24) is 0 Å². The fourth-order valence-corrected chi connectivity index (χ4v) is 6.29. The van der Waals surface area contributed by atoms with Crippen LogP contribution in [-0.4, -0.2) is 39.6 Å². The van der Waals surface area contributed by atoms with Crippen LogP contribution in [-0.2, 0) is 9.53 Å². The van der Waals surface area contributed by atoms with E-state index in [2.05, 4.69) is 23.8 Å². The van der Waals surface area contributed by atoms with E-state index in [9.17, 15) is 15.0 Å². The highest BCUT2D eigenvalue weighted by Gasteiger charge is 2.49. The molecule has 5 heteroatoms. The molecule has 1 aliphatic heterocycles. The number of hydrogen-bond donors (Lipinski definition) is 2. The van der Waals surface area contributed by atoms with Crippen LogP contribution in [0, 0.1) is 11.8 Å². The zero-order valence-corrected chi connectivity index (χ0v) is 17.2. The Labute approximate surface area is 162 Å². The molecule has 26 heavy (non-hydrogen) atoms. The lowest BCUT2D eigenvalue weighted by atomic mass is 9.86. The van der Waals surface area contributed by atoms with Gasteiger partial charge in [-0.25, -0.2) is 0 Å². The van der Waals surface area contributed by atoms with Crippen LogP contribution in [0.1, 0.15) is 77.6 Å². The van der Waals surface area contributed by atoms with Gasteiger partial charge in [0, 0.05) is 11.7 Å². The second-order valence-corrected chi connectivity index (χ2v) is 9.51. The van der Waals surface area contributed by atoms with E-state index < -0.39 is 4.93 Å². The minimum Gasteiger partial charge on any atom is -0.469 e. The Hall–Kier alpha value is -0.520. The molecule has 1 saturated heterocycles. The number of aliphatic hydroxyl groups excluding tert-OH is 1. The number of methoxy groups -OCH3 is 1. The monoisotopic (exact) mass is 384 g/mol. The third-order valence-electron chi connectivity index (χ3n) is 5.96. The molecule has 0 amide bonds. The predicted octanol–water partition coefficient (Wildman–Crippen LogP) is 4.44. The molecule has 1 aliphatic carbocycles. The first-order valence-electron chi connectivity index (χ1n) is 10.3. The molecule has 2 fully saturated rings.